The van der Waals surface area contributed by atoms with Crippen molar-refractivity contribution in [1.82, 2.24) is 5.32 Å². The quantitative estimate of drug-likeness (QED) is 0.638. The number of carboxylic acid groups (broad SMARTS) is 1. The smallest absolute Gasteiger partial charge is 0.408 e. The fourth-order valence-corrected chi connectivity index (χ4v) is 4.46. The molecule has 1 amide bonds. The molecule has 2 aliphatic carbocycles. The van der Waals surface area contributed by atoms with Gasteiger partial charge in [0.1, 0.15) is 17.4 Å². The van der Waals surface area contributed by atoms with Crippen molar-refractivity contribution in [1.29, 1.82) is 0 Å². The van der Waals surface area contributed by atoms with Crippen LogP contribution in [0.4, 0.5) is 4.79 Å². The number of hydrogen-bond acceptors (Lipinski definition) is 4. The Hall–Kier alpha value is -2.24. The van der Waals surface area contributed by atoms with Crippen LogP contribution in [0, 0.1) is 0 Å². The van der Waals surface area contributed by atoms with Crippen LogP contribution in [0.3, 0.4) is 0 Å². The molecule has 2 fully saturated rings. The molecule has 0 radical (unpaired) electrons. The van der Waals surface area contributed by atoms with E-state index in [1.807, 2.05) is 12.1 Å². The van der Waals surface area contributed by atoms with Crippen LogP contribution >= 0.6 is 0 Å². The molecular weight excluding hydrogens is 382 g/mol. The number of carbonyl (C=O) groups excluding carboxylic acids is 1. The summed E-state index contributed by atoms with van der Waals surface area (Å²) in [6.07, 6.45) is 9.15. The first-order chi connectivity index (χ1) is 14.2. The van der Waals surface area contributed by atoms with Gasteiger partial charge in [0.25, 0.3) is 0 Å². The molecule has 2 N–H and O–H groups in total. The molecule has 0 spiro atoms. The molecule has 1 aromatic rings. The molecule has 2 saturated carbocycles. The van der Waals surface area contributed by atoms with Gasteiger partial charge in [0.15, 0.2) is 0 Å². The first-order valence-electron chi connectivity index (χ1n) is 11.2. The van der Waals surface area contributed by atoms with Gasteiger partial charge in [-0.05, 0) is 82.4 Å². The topological polar surface area (TPSA) is 84.9 Å². The summed E-state index contributed by atoms with van der Waals surface area (Å²) in [6, 6.07) is 4.97. The summed E-state index contributed by atoms with van der Waals surface area (Å²) in [4.78, 5) is 23.8. The fourth-order valence-electron chi connectivity index (χ4n) is 4.46. The minimum atomic E-state index is -1.07. The van der Waals surface area contributed by atoms with Gasteiger partial charge in [0, 0.05) is 6.42 Å². The van der Waals surface area contributed by atoms with Crippen LogP contribution in [0.15, 0.2) is 18.2 Å². The highest BCUT2D eigenvalue weighted by atomic mass is 16.6. The molecule has 2 aliphatic rings. The molecule has 0 aliphatic heterocycles. The third-order valence-corrected chi connectivity index (χ3v) is 5.89. The number of ether oxygens (including phenoxy) is 2. The zero-order valence-corrected chi connectivity index (χ0v) is 18.4. The third-order valence-electron chi connectivity index (χ3n) is 5.89. The second-order valence-corrected chi connectivity index (χ2v) is 9.62. The molecule has 0 unspecified atom stereocenters. The third kappa shape index (κ3) is 6.38. The van der Waals surface area contributed by atoms with Crippen molar-refractivity contribution in [3.63, 3.8) is 0 Å². The lowest BCUT2D eigenvalue weighted by molar-refractivity contribution is -0.139. The van der Waals surface area contributed by atoms with Gasteiger partial charge in [0.2, 0.25) is 0 Å². The zero-order valence-electron chi connectivity index (χ0n) is 18.4. The Morgan fingerprint density at radius 1 is 1.10 bits per heavy atom. The van der Waals surface area contributed by atoms with Gasteiger partial charge in [-0.1, -0.05) is 25.0 Å². The van der Waals surface area contributed by atoms with Crippen molar-refractivity contribution < 1.29 is 24.2 Å². The lowest BCUT2D eigenvalue weighted by Crippen LogP contribution is -2.44. The minimum Gasteiger partial charge on any atom is -0.490 e. The van der Waals surface area contributed by atoms with Gasteiger partial charge in [-0.15, -0.1) is 0 Å². The van der Waals surface area contributed by atoms with E-state index in [2.05, 4.69) is 11.4 Å². The number of carbonyl (C=O) groups is 2. The monoisotopic (exact) mass is 417 g/mol. The van der Waals surface area contributed by atoms with E-state index >= 15 is 0 Å². The Balaban J connectivity index is 1.75. The summed E-state index contributed by atoms with van der Waals surface area (Å²) in [6.45, 7) is 5.25. The highest BCUT2D eigenvalue weighted by Crippen LogP contribution is 2.40. The van der Waals surface area contributed by atoms with Crippen LogP contribution in [0.1, 0.15) is 89.2 Å². The second kappa shape index (κ2) is 9.71. The van der Waals surface area contributed by atoms with E-state index in [-0.39, 0.29) is 12.5 Å². The van der Waals surface area contributed by atoms with Gasteiger partial charge in [-0.2, -0.15) is 0 Å². The molecule has 0 saturated heterocycles. The van der Waals surface area contributed by atoms with Crippen LogP contribution in [0.5, 0.6) is 5.75 Å². The maximum absolute atomic E-state index is 12.1. The van der Waals surface area contributed by atoms with Crippen LogP contribution in [0.2, 0.25) is 0 Å². The van der Waals surface area contributed by atoms with Crippen LogP contribution in [0.25, 0.3) is 0 Å². The van der Waals surface area contributed by atoms with Crippen LogP contribution in [-0.4, -0.2) is 34.9 Å². The number of alkyl carbamates (subject to hydrolysis) is 1. The Bertz CT molecular complexity index is 742. The van der Waals surface area contributed by atoms with E-state index in [0.29, 0.717) is 5.92 Å². The molecule has 6 heteroatoms. The molecule has 0 heterocycles. The number of aliphatic carboxylic acids is 1. The summed E-state index contributed by atoms with van der Waals surface area (Å²) in [7, 11) is 0. The SMILES string of the molecule is CC(C)(C)OC(=O)N[C@@H](Cc1ccc(OC2CCCC2)c(C2CCCC2)c1)C(=O)O. The molecule has 6 nitrogen and oxygen atoms in total. The van der Waals surface area contributed by atoms with E-state index in [1.54, 1.807) is 20.8 Å². The van der Waals surface area contributed by atoms with Crippen molar-refractivity contribution >= 4 is 12.1 Å². The largest absolute Gasteiger partial charge is 0.490 e. The van der Waals surface area contributed by atoms with E-state index in [4.69, 9.17) is 9.47 Å². The highest BCUT2D eigenvalue weighted by Gasteiger charge is 2.27. The molecule has 0 aromatic heterocycles. The Kier molecular flexibility index (Phi) is 7.27. The minimum absolute atomic E-state index is 0.206. The lowest BCUT2D eigenvalue weighted by Gasteiger charge is -2.23. The number of benzene rings is 1. The number of rotatable bonds is 7. The summed E-state index contributed by atoms with van der Waals surface area (Å²) < 4.78 is 11.6. The summed E-state index contributed by atoms with van der Waals surface area (Å²) >= 11 is 0. The zero-order chi connectivity index (χ0) is 21.7. The molecule has 0 bridgehead atoms. The standard InChI is InChI=1S/C24H35NO5/c1-24(2,3)30-23(28)25-20(22(26)27)15-16-12-13-21(29-18-10-6-7-11-18)19(14-16)17-8-4-5-9-17/h12-14,17-18,20H,4-11,15H2,1-3H3,(H,25,28)(H,26,27)/t20-/m0/s1. The maximum atomic E-state index is 12.1. The van der Waals surface area contributed by atoms with E-state index in [0.717, 1.165) is 37.0 Å². The Morgan fingerprint density at radius 3 is 2.33 bits per heavy atom. The van der Waals surface area contributed by atoms with Crippen LogP contribution < -0.4 is 10.1 Å². The van der Waals surface area contributed by atoms with Crippen molar-refractivity contribution in [3.8, 4) is 5.75 Å². The maximum Gasteiger partial charge on any atom is 0.408 e. The Labute approximate surface area is 179 Å². The van der Waals surface area contributed by atoms with Gasteiger partial charge in [-0.25, -0.2) is 9.59 Å². The van der Waals surface area contributed by atoms with E-state index in [1.165, 1.54) is 31.2 Å². The van der Waals surface area contributed by atoms with E-state index < -0.39 is 23.7 Å². The predicted octanol–water partition coefficient (Wildman–Crippen LogP) is 5.19. The van der Waals surface area contributed by atoms with Gasteiger partial charge in [-0.3, -0.25) is 0 Å². The molecule has 3 rings (SSSR count). The first-order valence-corrected chi connectivity index (χ1v) is 11.2. The first kappa shape index (κ1) is 22.4. The molecule has 1 atom stereocenters. The van der Waals surface area contributed by atoms with Crippen molar-refractivity contribution in [2.75, 3.05) is 0 Å². The number of hydrogen-bond donors (Lipinski definition) is 2. The number of amides is 1. The van der Waals surface area contributed by atoms with Crippen LogP contribution in [-0.2, 0) is 16.0 Å². The van der Waals surface area contributed by atoms with Gasteiger partial charge in [0.05, 0.1) is 6.10 Å². The average Bonchev–Trinajstić information content (AvgIpc) is 3.34. The van der Waals surface area contributed by atoms with E-state index in [9.17, 15) is 14.7 Å². The lowest BCUT2D eigenvalue weighted by atomic mass is 9.93. The summed E-state index contributed by atoms with van der Waals surface area (Å²) in [5, 5.41) is 12.1. The molecule has 1 aromatic carbocycles. The average molecular weight is 418 g/mol. The normalized spacial score (nSPS) is 18.9. The van der Waals surface area contributed by atoms with Crippen molar-refractivity contribution in [2.45, 2.75) is 102 Å². The highest BCUT2D eigenvalue weighted by molar-refractivity contribution is 5.80. The second-order valence-electron chi connectivity index (χ2n) is 9.62. The summed E-state index contributed by atoms with van der Waals surface area (Å²) in [5.41, 5.74) is 1.40. The summed E-state index contributed by atoms with van der Waals surface area (Å²) in [5.74, 6) is 0.336. The Morgan fingerprint density at radius 2 is 1.73 bits per heavy atom. The van der Waals surface area contributed by atoms with Crippen molar-refractivity contribution in [2.24, 2.45) is 0 Å². The molecule has 30 heavy (non-hydrogen) atoms. The number of nitrogens with one attached hydrogen (secondary N) is 1. The fraction of sp³-hybridized carbons (Fsp3) is 0.667. The van der Waals surface area contributed by atoms with Gasteiger partial charge < -0.3 is 19.9 Å². The number of carboxylic acids is 1. The van der Waals surface area contributed by atoms with Crippen molar-refractivity contribution in [3.05, 3.63) is 29.3 Å². The predicted molar refractivity (Wildman–Crippen MR) is 115 cm³/mol. The van der Waals surface area contributed by atoms with Gasteiger partial charge >= 0.3 is 12.1 Å². The molecular formula is C24H35NO5. The molecule has 166 valence electrons.